The van der Waals surface area contributed by atoms with E-state index in [1.807, 2.05) is 30.3 Å². The first-order chi connectivity index (χ1) is 15.5. The normalized spacial score (nSPS) is 10.6. The van der Waals surface area contributed by atoms with Gasteiger partial charge in [0.1, 0.15) is 23.1 Å². The maximum absolute atomic E-state index is 13.3. The van der Waals surface area contributed by atoms with E-state index < -0.39 is 11.7 Å². The number of para-hydroxylation sites is 1. The van der Waals surface area contributed by atoms with E-state index >= 15 is 0 Å². The molecule has 3 aromatic carbocycles. The Kier molecular flexibility index (Phi) is 5.81. The molecule has 0 aliphatic heterocycles. The molecule has 0 bridgehead atoms. The third-order valence-electron chi connectivity index (χ3n) is 4.97. The van der Waals surface area contributed by atoms with Crippen LogP contribution in [0.15, 0.2) is 83.7 Å². The van der Waals surface area contributed by atoms with Gasteiger partial charge in [-0.15, -0.1) is 0 Å². The number of anilines is 1. The Hall–Kier alpha value is -4.26. The van der Waals surface area contributed by atoms with Crippen molar-refractivity contribution in [1.29, 1.82) is 0 Å². The minimum absolute atomic E-state index is 0.214. The van der Waals surface area contributed by atoms with E-state index in [4.69, 9.17) is 4.74 Å². The molecule has 1 aromatic heterocycles. The van der Waals surface area contributed by atoms with Gasteiger partial charge in [0.2, 0.25) is 5.43 Å². The lowest BCUT2D eigenvalue weighted by molar-refractivity contribution is 0.102. The Morgan fingerprint density at radius 2 is 1.62 bits per heavy atom. The van der Waals surface area contributed by atoms with E-state index in [0.717, 1.165) is 0 Å². The molecule has 1 amide bonds. The average Bonchev–Trinajstić information content (AvgIpc) is 2.82. The first-order valence-corrected chi connectivity index (χ1v) is 9.88. The minimum atomic E-state index is -0.491. The number of nitrogens with one attached hydrogen (secondary N) is 1. The fourth-order valence-electron chi connectivity index (χ4n) is 3.32. The van der Waals surface area contributed by atoms with Crippen molar-refractivity contribution < 1.29 is 13.9 Å². The van der Waals surface area contributed by atoms with Crippen molar-refractivity contribution in [2.24, 2.45) is 0 Å². The molecule has 4 aromatic rings. The van der Waals surface area contributed by atoms with Crippen LogP contribution < -0.4 is 15.5 Å². The van der Waals surface area contributed by atoms with E-state index in [1.165, 1.54) is 28.9 Å². The number of aryl methyl sites for hydroxylation is 1. The van der Waals surface area contributed by atoms with Gasteiger partial charge in [-0.25, -0.2) is 9.07 Å². The summed E-state index contributed by atoms with van der Waals surface area (Å²) in [7, 11) is 1.56. The average molecular weight is 429 g/mol. The first-order valence-electron chi connectivity index (χ1n) is 9.88. The molecular weight excluding hydrogens is 409 g/mol. The molecule has 0 fully saturated rings. The highest BCUT2D eigenvalue weighted by Gasteiger charge is 2.21. The molecule has 32 heavy (non-hydrogen) atoms. The van der Waals surface area contributed by atoms with Gasteiger partial charge in [0, 0.05) is 5.56 Å². The summed E-state index contributed by atoms with van der Waals surface area (Å²) in [6, 6.07) is 21.3. The van der Waals surface area contributed by atoms with Gasteiger partial charge in [0.15, 0.2) is 0 Å². The molecule has 6 nitrogen and oxygen atoms in total. The third kappa shape index (κ3) is 4.13. The second-order valence-corrected chi connectivity index (χ2v) is 7.08. The number of ether oxygens (including phenoxy) is 1. The molecule has 0 spiro atoms. The van der Waals surface area contributed by atoms with Crippen molar-refractivity contribution in [2.45, 2.75) is 6.92 Å². The Labute approximate surface area is 183 Å². The molecule has 1 heterocycles. The van der Waals surface area contributed by atoms with Crippen LogP contribution in [0.2, 0.25) is 0 Å². The number of carbonyl (C=O) groups is 1. The number of hydrogen-bond donors (Lipinski definition) is 1. The number of hydrogen-bond acceptors (Lipinski definition) is 4. The molecule has 0 saturated heterocycles. The van der Waals surface area contributed by atoms with Gasteiger partial charge in [-0.2, -0.15) is 5.10 Å². The first kappa shape index (κ1) is 21.0. The smallest absolute Gasteiger partial charge is 0.256 e. The zero-order valence-electron chi connectivity index (χ0n) is 17.5. The van der Waals surface area contributed by atoms with Crippen molar-refractivity contribution in [2.75, 3.05) is 12.4 Å². The number of carbonyl (C=O) groups excluding carboxylic acids is 1. The van der Waals surface area contributed by atoms with Crippen molar-refractivity contribution in [3.63, 3.8) is 0 Å². The van der Waals surface area contributed by atoms with Crippen LogP contribution in [0.1, 0.15) is 16.1 Å². The maximum Gasteiger partial charge on any atom is 0.256 e. The monoisotopic (exact) mass is 429 g/mol. The van der Waals surface area contributed by atoms with Crippen LogP contribution in [0, 0.1) is 12.7 Å². The molecule has 4 rings (SSSR count). The zero-order chi connectivity index (χ0) is 22.7. The Morgan fingerprint density at radius 3 is 2.25 bits per heavy atom. The van der Waals surface area contributed by atoms with E-state index in [0.29, 0.717) is 22.6 Å². The Balaban J connectivity index is 1.93. The van der Waals surface area contributed by atoms with Crippen LogP contribution in [0.25, 0.3) is 16.8 Å². The van der Waals surface area contributed by atoms with Crippen LogP contribution in [0.3, 0.4) is 0 Å². The summed E-state index contributed by atoms with van der Waals surface area (Å²) in [5.74, 6) is -0.0840. The van der Waals surface area contributed by atoms with Crippen molar-refractivity contribution >= 4 is 11.7 Å². The lowest BCUT2D eigenvalue weighted by atomic mass is 10.0. The largest absolute Gasteiger partial charge is 0.497 e. The molecule has 7 heteroatoms. The summed E-state index contributed by atoms with van der Waals surface area (Å²) in [6.45, 7) is 1.63. The second kappa shape index (κ2) is 8.85. The standard InChI is InChI=1S/C25H20FN3O3/c1-16-23(30)22(17-10-14-21(32-2)15-11-17)24(29(28-16)20-6-4-3-5-7-20)27-25(31)18-8-12-19(26)13-9-18/h3-15H,1-2H3,(H,27,31). The zero-order valence-corrected chi connectivity index (χ0v) is 17.5. The fourth-order valence-corrected chi connectivity index (χ4v) is 3.32. The predicted octanol–water partition coefficient (Wildman–Crippen LogP) is 4.61. The molecule has 0 saturated carbocycles. The Bertz CT molecular complexity index is 1320. The van der Waals surface area contributed by atoms with E-state index in [1.54, 1.807) is 38.3 Å². The van der Waals surface area contributed by atoms with Gasteiger partial charge in [-0.05, 0) is 61.0 Å². The van der Waals surface area contributed by atoms with Gasteiger partial charge >= 0.3 is 0 Å². The van der Waals surface area contributed by atoms with Gasteiger partial charge in [-0.1, -0.05) is 30.3 Å². The fraction of sp³-hybridized carbons (Fsp3) is 0.0800. The van der Waals surface area contributed by atoms with E-state index in [2.05, 4.69) is 10.4 Å². The van der Waals surface area contributed by atoms with Gasteiger partial charge in [0.05, 0.1) is 18.4 Å². The molecule has 0 atom stereocenters. The van der Waals surface area contributed by atoms with Crippen molar-refractivity contribution in [1.82, 2.24) is 9.78 Å². The summed E-state index contributed by atoms with van der Waals surface area (Å²) in [5, 5.41) is 7.24. The highest BCUT2D eigenvalue weighted by Crippen LogP contribution is 2.29. The summed E-state index contributed by atoms with van der Waals surface area (Å²) < 4.78 is 20.1. The number of rotatable bonds is 5. The molecule has 0 radical (unpaired) electrons. The third-order valence-corrected chi connectivity index (χ3v) is 4.97. The number of benzene rings is 3. The second-order valence-electron chi connectivity index (χ2n) is 7.08. The topological polar surface area (TPSA) is 73.2 Å². The summed E-state index contributed by atoms with van der Waals surface area (Å²) in [5.41, 5.74) is 1.77. The number of aromatic nitrogens is 2. The molecule has 0 aliphatic carbocycles. The maximum atomic E-state index is 13.3. The van der Waals surface area contributed by atoms with Crippen molar-refractivity contribution in [3.05, 3.63) is 106 Å². The molecule has 0 unspecified atom stereocenters. The van der Waals surface area contributed by atoms with Crippen LogP contribution in [0.4, 0.5) is 10.2 Å². The summed E-state index contributed by atoms with van der Waals surface area (Å²) >= 11 is 0. The number of methoxy groups -OCH3 is 1. The highest BCUT2D eigenvalue weighted by molar-refractivity contribution is 6.05. The minimum Gasteiger partial charge on any atom is -0.497 e. The van der Waals surface area contributed by atoms with Crippen LogP contribution in [-0.2, 0) is 0 Å². The highest BCUT2D eigenvalue weighted by atomic mass is 19.1. The lowest BCUT2D eigenvalue weighted by Crippen LogP contribution is -2.25. The molecular formula is C25H20FN3O3. The van der Waals surface area contributed by atoms with Crippen LogP contribution >= 0.6 is 0 Å². The molecule has 160 valence electrons. The van der Waals surface area contributed by atoms with Crippen LogP contribution in [-0.4, -0.2) is 22.8 Å². The van der Waals surface area contributed by atoms with E-state index in [9.17, 15) is 14.0 Å². The number of nitrogens with zero attached hydrogens (tertiary/aromatic N) is 2. The number of halogens is 1. The van der Waals surface area contributed by atoms with Gasteiger partial charge < -0.3 is 10.1 Å². The van der Waals surface area contributed by atoms with Crippen LogP contribution in [0.5, 0.6) is 5.75 Å². The summed E-state index contributed by atoms with van der Waals surface area (Å²) in [6.07, 6.45) is 0. The summed E-state index contributed by atoms with van der Waals surface area (Å²) in [4.78, 5) is 26.2. The quantitative estimate of drug-likeness (QED) is 0.503. The SMILES string of the molecule is COc1ccc(-c2c(NC(=O)c3ccc(F)cc3)n(-c3ccccc3)nc(C)c2=O)cc1. The Morgan fingerprint density at radius 1 is 0.969 bits per heavy atom. The lowest BCUT2D eigenvalue weighted by Gasteiger charge is -2.18. The van der Waals surface area contributed by atoms with Gasteiger partial charge in [0.25, 0.3) is 5.91 Å². The predicted molar refractivity (Wildman–Crippen MR) is 121 cm³/mol. The van der Waals surface area contributed by atoms with Gasteiger partial charge in [-0.3, -0.25) is 9.59 Å². The molecule has 0 aliphatic rings. The van der Waals surface area contributed by atoms with E-state index in [-0.39, 0.29) is 22.5 Å². The van der Waals surface area contributed by atoms with Crippen molar-refractivity contribution in [3.8, 4) is 22.6 Å². The molecule has 1 N–H and O–H groups in total. The number of amides is 1.